The molecule has 6 nitrogen and oxygen atoms in total. The maximum Gasteiger partial charge on any atom is 0.325 e. The van der Waals surface area contributed by atoms with Gasteiger partial charge in [-0.3, -0.25) is 9.69 Å². The van der Waals surface area contributed by atoms with Crippen molar-refractivity contribution >= 4 is 35.1 Å². The molecule has 2 unspecified atom stereocenters. The Bertz CT molecular complexity index is 921. The molecule has 0 radical (unpaired) electrons. The Morgan fingerprint density at radius 3 is 2.64 bits per heavy atom. The summed E-state index contributed by atoms with van der Waals surface area (Å²) in [6, 6.07) is 11.5. The van der Waals surface area contributed by atoms with E-state index in [0.717, 1.165) is 10.5 Å². The molecule has 2 aromatic carbocycles. The van der Waals surface area contributed by atoms with Crippen molar-refractivity contribution in [3.63, 3.8) is 0 Å². The molecule has 0 spiro atoms. The van der Waals surface area contributed by atoms with Gasteiger partial charge in [0.25, 0.3) is 5.91 Å². The fraction of sp³-hybridized carbons (Fsp3) is 0.300. The predicted octanol–water partition coefficient (Wildman–Crippen LogP) is 3.51. The number of carbonyl (C=O) groups is 2. The van der Waals surface area contributed by atoms with Crippen LogP contribution in [0.15, 0.2) is 42.5 Å². The molecule has 3 amide bonds. The topological polar surface area (TPSA) is 78.9 Å². The monoisotopic (exact) mass is 422 g/mol. The van der Waals surface area contributed by atoms with Crippen molar-refractivity contribution in [1.29, 1.82) is 0 Å². The third kappa shape index (κ3) is 4.09. The number of hydrogen-bond acceptors (Lipinski definition) is 4. The van der Waals surface area contributed by atoms with Crippen LogP contribution in [0.5, 0.6) is 5.75 Å². The van der Waals surface area contributed by atoms with E-state index < -0.39 is 23.6 Å². The Balaban J connectivity index is 1.69. The van der Waals surface area contributed by atoms with Crippen LogP contribution in [0.3, 0.4) is 0 Å². The van der Waals surface area contributed by atoms with Crippen molar-refractivity contribution in [2.24, 2.45) is 0 Å². The molecular weight excluding hydrogens is 403 g/mol. The molecule has 0 aliphatic carbocycles. The lowest BCUT2D eigenvalue weighted by Gasteiger charge is -2.24. The van der Waals surface area contributed by atoms with E-state index in [1.807, 2.05) is 25.1 Å². The number of imide groups is 1. The van der Waals surface area contributed by atoms with Crippen LogP contribution in [0.25, 0.3) is 0 Å². The van der Waals surface area contributed by atoms with E-state index >= 15 is 0 Å². The first-order valence-corrected chi connectivity index (χ1v) is 9.43. The number of aryl methyl sites for hydroxylation is 1. The van der Waals surface area contributed by atoms with E-state index in [1.54, 1.807) is 25.1 Å². The number of aliphatic hydroxyl groups excluding tert-OH is 1. The summed E-state index contributed by atoms with van der Waals surface area (Å²) in [5.74, 6) is 0.102. The normalized spacial score (nSPS) is 20.2. The molecule has 1 saturated heterocycles. The van der Waals surface area contributed by atoms with E-state index in [4.69, 9.17) is 27.9 Å². The number of aliphatic hydroxyl groups is 1. The zero-order valence-electron chi connectivity index (χ0n) is 15.4. The lowest BCUT2D eigenvalue weighted by atomic mass is 9.92. The van der Waals surface area contributed by atoms with Gasteiger partial charge in [-0.15, -0.1) is 0 Å². The van der Waals surface area contributed by atoms with Crippen molar-refractivity contribution in [3.05, 3.63) is 63.6 Å². The number of carbonyl (C=O) groups excluding carboxylic acids is 2. The van der Waals surface area contributed by atoms with Gasteiger partial charge in [0.05, 0.1) is 6.54 Å². The van der Waals surface area contributed by atoms with Crippen LogP contribution in [0.1, 0.15) is 18.1 Å². The Labute approximate surface area is 173 Å². The smallest absolute Gasteiger partial charge is 0.325 e. The molecule has 2 aromatic rings. The van der Waals surface area contributed by atoms with E-state index in [0.29, 0.717) is 16.3 Å². The SMILES string of the molecule is Cc1cccc(OCC(O)CN2C(=O)NC(C)(c3ccc(Cl)cc3Cl)C2=O)c1. The highest BCUT2D eigenvalue weighted by Crippen LogP contribution is 2.35. The number of rotatable bonds is 6. The van der Waals surface area contributed by atoms with Gasteiger partial charge in [-0.1, -0.05) is 41.4 Å². The van der Waals surface area contributed by atoms with Crippen LogP contribution in [-0.2, 0) is 10.3 Å². The van der Waals surface area contributed by atoms with Gasteiger partial charge in [-0.2, -0.15) is 0 Å². The molecule has 0 aromatic heterocycles. The highest BCUT2D eigenvalue weighted by molar-refractivity contribution is 6.35. The predicted molar refractivity (Wildman–Crippen MR) is 107 cm³/mol. The number of hydrogen-bond donors (Lipinski definition) is 2. The minimum Gasteiger partial charge on any atom is -0.491 e. The molecule has 1 aliphatic heterocycles. The summed E-state index contributed by atoms with van der Waals surface area (Å²) in [7, 11) is 0. The molecule has 1 aliphatic rings. The van der Waals surface area contributed by atoms with Gasteiger partial charge in [0, 0.05) is 15.6 Å². The molecular formula is C20H20Cl2N2O4. The summed E-state index contributed by atoms with van der Waals surface area (Å²) in [6.07, 6.45) is -1.04. The first kappa shape index (κ1) is 20.5. The fourth-order valence-corrected chi connectivity index (χ4v) is 3.70. The van der Waals surface area contributed by atoms with E-state index in [9.17, 15) is 14.7 Å². The van der Waals surface area contributed by atoms with E-state index in [2.05, 4.69) is 5.32 Å². The van der Waals surface area contributed by atoms with Gasteiger partial charge < -0.3 is 15.2 Å². The van der Waals surface area contributed by atoms with Crippen molar-refractivity contribution in [2.45, 2.75) is 25.5 Å². The lowest BCUT2D eigenvalue weighted by molar-refractivity contribution is -0.132. The second-order valence-corrected chi connectivity index (χ2v) is 7.72. The number of benzene rings is 2. The first-order chi connectivity index (χ1) is 13.2. The Kier molecular flexibility index (Phi) is 5.84. The molecule has 0 bridgehead atoms. The minimum atomic E-state index is -1.34. The van der Waals surface area contributed by atoms with Gasteiger partial charge in [0.2, 0.25) is 0 Å². The average molecular weight is 423 g/mol. The first-order valence-electron chi connectivity index (χ1n) is 8.68. The van der Waals surface area contributed by atoms with Gasteiger partial charge in [0.15, 0.2) is 0 Å². The van der Waals surface area contributed by atoms with Gasteiger partial charge in [-0.05, 0) is 43.7 Å². The number of amides is 3. The van der Waals surface area contributed by atoms with Gasteiger partial charge in [-0.25, -0.2) is 4.79 Å². The minimum absolute atomic E-state index is 0.0566. The molecule has 8 heteroatoms. The van der Waals surface area contributed by atoms with Crippen LogP contribution >= 0.6 is 23.2 Å². The third-order valence-corrected chi connectivity index (χ3v) is 5.12. The summed E-state index contributed by atoms with van der Waals surface area (Å²) in [5.41, 5.74) is 0.122. The maximum atomic E-state index is 12.9. The third-order valence-electron chi connectivity index (χ3n) is 4.57. The second-order valence-electron chi connectivity index (χ2n) is 6.88. The van der Waals surface area contributed by atoms with Crippen LogP contribution in [0.2, 0.25) is 10.0 Å². The van der Waals surface area contributed by atoms with Crippen LogP contribution < -0.4 is 10.1 Å². The molecule has 3 rings (SSSR count). The molecule has 0 saturated carbocycles. The number of urea groups is 1. The number of ether oxygens (including phenoxy) is 1. The average Bonchev–Trinajstić information content (AvgIpc) is 2.84. The maximum absolute atomic E-state index is 12.9. The molecule has 28 heavy (non-hydrogen) atoms. The molecule has 2 atom stereocenters. The van der Waals surface area contributed by atoms with Gasteiger partial charge in [0.1, 0.15) is 24.0 Å². The van der Waals surface area contributed by atoms with Crippen LogP contribution in [-0.4, -0.2) is 41.2 Å². The zero-order valence-corrected chi connectivity index (χ0v) is 16.9. The van der Waals surface area contributed by atoms with Crippen molar-refractivity contribution in [1.82, 2.24) is 10.2 Å². The molecule has 1 fully saturated rings. The summed E-state index contributed by atoms with van der Waals surface area (Å²) in [5, 5.41) is 13.6. The number of β-amino-alcohol motifs (C(OH)–C–C–N with tert-alkyl or cyclic N) is 1. The van der Waals surface area contributed by atoms with Crippen molar-refractivity contribution < 1.29 is 19.4 Å². The summed E-state index contributed by atoms with van der Waals surface area (Å²) >= 11 is 12.1. The Morgan fingerprint density at radius 1 is 1.21 bits per heavy atom. The lowest BCUT2D eigenvalue weighted by Crippen LogP contribution is -2.43. The number of nitrogens with zero attached hydrogens (tertiary/aromatic N) is 1. The van der Waals surface area contributed by atoms with Crippen LogP contribution in [0.4, 0.5) is 4.79 Å². The largest absolute Gasteiger partial charge is 0.491 e. The van der Waals surface area contributed by atoms with Crippen LogP contribution in [0, 0.1) is 6.92 Å². The molecule has 2 N–H and O–H groups in total. The molecule has 148 valence electrons. The highest BCUT2D eigenvalue weighted by Gasteiger charge is 2.50. The fourth-order valence-electron chi connectivity index (χ4n) is 3.10. The Hall–Kier alpha value is -2.28. The standard InChI is InChI=1S/C20H20Cl2N2O4/c1-12-4-3-5-15(8-12)28-11-14(25)10-24-18(26)20(2,23-19(24)27)16-7-6-13(21)9-17(16)22/h3-9,14,25H,10-11H2,1-2H3,(H,23,27). The number of halogens is 2. The molecule has 1 heterocycles. The van der Waals surface area contributed by atoms with E-state index in [1.165, 1.54) is 6.07 Å². The van der Waals surface area contributed by atoms with Gasteiger partial charge >= 0.3 is 6.03 Å². The van der Waals surface area contributed by atoms with E-state index in [-0.39, 0.29) is 18.2 Å². The second kappa shape index (κ2) is 7.99. The quantitative estimate of drug-likeness (QED) is 0.698. The number of nitrogens with one attached hydrogen (secondary N) is 1. The summed E-state index contributed by atoms with van der Waals surface area (Å²) in [4.78, 5) is 26.3. The zero-order chi connectivity index (χ0) is 20.5. The highest BCUT2D eigenvalue weighted by atomic mass is 35.5. The van der Waals surface area contributed by atoms with Crippen molar-refractivity contribution in [3.8, 4) is 5.75 Å². The van der Waals surface area contributed by atoms with Crippen molar-refractivity contribution in [2.75, 3.05) is 13.2 Å². The Morgan fingerprint density at radius 2 is 1.96 bits per heavy atom. The summed E-state index contributed by atoms with van der Waals surface area (Å²) < 4.78 is 5.54. The summed E-state index contributed by atoms with van der Waals surface area (Å²) in [6.45, 7) is 3.24.